The first kappa shape index (κ1) is 29.5. The summed E-state index contributed by atoms with van der Waals surface area (Å²) in [6.45, 7) is 6.79. The van der Waals surface area contributed by atoms with Crippen LogP contribution in [0.2, 0.25) is 10.0 Å². The van der Waals surface area contributed by atoms with E-state index in [2.05, 4.69) is 16.0 Å². The lowest BCUT2D eigenvalue weighted by Gasteiger charge is -2.39. The summed E-state index contributed by atoms with van der Waals surface area (Å²) in [5.41, 5.74) is 2.55. The van der Waals surface area contributed by atoms with Crippen LogP contribution in [0, 0.1) is 19.8 Å². The van der Waals surface area contributed by atoms with E-state index in [-0.39, 0.29) is 24.9 Å². The molecule has 10 nitrogen and oxygen atoms in total. The molecule has 3 amide bonds. The van der Waals surface area contributed by atoms with E-state index in [0.717, 1.165) is 11.1 Å². The average molecular weight is 568 g/mol. The molecule has 1 heterocycles. The van der Waals surface area contributed by atoms with Gasteiger partial charge in [-0.1, -0.05) is 49.2 Å². The van der Waals surface area contributed by atoms with Gasteiger partial charge in [0, 0.05) is 33.8 Å². The zero-order chi connectivity index (χ0) is 28.0. The van der Waals surface area contributed by atoms with Gasteiger partial charge in [-0.15, -0.1) is 0 Å². The third-order valence-electron chi connectivity index (χ3n) is 5.86. The minimum atomic E-state index is -1.52. The maximum atomic E-state index is 12.7. The van der Waals surface area contributed by atoms with Crippen LogP contribution in [0.5, 0.6) is 0 Å². The van der Waals surface area contributed by atoms with Gasteiger partial charge in [0.05, 0.1) is 6.10 Å². The van der Waals surface area contributed by atoms with Gasteiger partial charge in [0.15, 0.2) is 6.29 Å². The van der Waals surface area contributed by atoms with Crippen LogP contribution in [0.1, 0.15) is 31.4 Å². The van der Waals surface area contributed by atoms with Gasteiger partial charge in [0.2, 0.25) is 5.91 Å². The van der Waals surface area contributed by atoms with E-state index in [1.165, 1.54) is 0 Å². The van der Waals surface area contributed by atoms with Crippen molar-refractivity contribution in [2.24, 2.45) is 5.92 Å². The van der Waals surface area contributed by atoms with Gasteiger partial charge in [-0.25, -0.2) is 9.59 Å². The Balaban J connectivity index is 1.64. The largest absolute Gasteiger partial charge is 0.447 e. The Morgan fingerprint density at radius 2 is 1.55 bits per heavy atom. The molecule has 1 aliphatic heterocycles. The molecule has 0 spiro atoms. The lowest BCUT2D eigenvalue weighted by atomic mass is 9.99. The van der Waals surface area contributed by atoms with E-state index in [4.69, 9.17) is 37.4 Å². The summed E-state index contributed by atoms with van der Waals surface area (Å²) in [5, 5.41) is 19.4. The first-order valence-corrected chi connectivity index (χ1v) is 12.8. The smallest absolute Gasteiger partial charge is 0.411 e. The Kier molecular flexibility index (Phi) is 10.2. The second kappa shape index (κ2) is 13.1. The molecular formula is C26H31Cl2N3O7. The Labute approximate surface area is 230 Å². The van der Waals surface area contributed by atoms with Gasteiger partial charge in [-0.3, -0.25) is 15.4 Å². The zero-order valence-electron chi connectivity index (χ0n) is 21.4. The van der Waals surface area contributed by atoms with Gasteiger partial charge >= 0.3 is 12.2 Å². The number of aliphatic hydroxyl groups excluding tert-OH is 1. The highest BCUT2D eigenvalue weighted by Crippen LogP contribution is 2.25. The summed E-state index contributed by atoms with van der Waals surface area (Å²) in [5.74, 6) is -0.741. The number of halogens is 2. The molecule has 2 aromatic rings. The molecule has 0 aromatic heterocycles. The van der Waals surface area contributed by atoms with Crippen LogP contribution in [0.4, 0.5) is 21.0 Å². The van der Waals surface area contributed by atoms with E-state index < -0.39 is 36.7 Å². The van der Waals surface area contributed by atoms with Crippen LogP contribution in [0.25, 0.3) is 0 Å². The summed E-state index contributed by atoms with van der Waals surface area (Å²) >= 11 is 12.2. The molecule has 0 radical (unpaired) electrons. The third kappa shape index (κ3) is 8.22. The van der Waals surface area contributed by atoms with Crippen molar-refractivity contribution >= 4 is 52.7 Å². The number of carbonyl (C=O) groups excluding carboxylic acids is 3. The molecule has 3 rings (SSSR count). The number of carbonyl (C=O) groups is 3. The van der Waals surface area contributed by atoms with Gasteiger partial charge in [0.25, 0.3) is 0 Å². The van der Waals surface area contributed by atoms with E-state index >= 15 is 0 Å². The number of nitrogens with one attached hydrogen (secondary N) is 3. The predicted octanol–water partition coefficient (Wildman–Crippen LogP) is 5.02. The fraction of sp³-hybridized carbons (Fsp3) is 0.423. The maximum Gasteiger partial charge on any atom is 0.411 e. The van der Waals surface area contributed by atoms with Crippen molar-refractivity contribution in [3.63, 3.8) is 0 Å². The number of amides is 3. The van der Waals surface area contributed by atoms with Gasteiger partial charge < -0.3 is 24.6 Å². The molecule has 206 valence electrons. The molecule has 4 N–H and O–H groups in total. The molecule has 12 heteroatoms. The standard InChI is InChI=1S/C26H31Cl2N3O7/c1-13(2)23(32)31-22-21(38-26(35)30-17-8-6-15(4)20(28)10-17)11-18(37-24(22)33)12-36-25(34)29-16-7-5-14(3)19(27)9-16/h5-10,13,18,21-22,24,33H,11-12H2,1-4H3,(H,29,34)(H,30,35)(H,31,32)/t18-,21-,22+,24+/m0/s1. The number of anilines is 2. The van der Waals surface area contributed by atoms with Crippen LogP contribution in [-0.2, 0) is 19.0 Å². The van der Waals surface area contributed by atoms with Crippen molar-refractivity contribution < 1.29 is 33.7 Å². The van der Waals surface area contributed by atoms with Crippen LogP contribution in [-0.4, -0.2) is 54.3 Å². The first-order chi connectivity index (χ1) is 17.9. The molecule has 4 atom stereocenters. The Hall–Kier alpha value is -3.05. The SMILES string of the molecule is Cc1ccc(NC(=O)OC[C@@H]2C[C@H](OC(=O)Nc3ccc(C)c(Cl)c3)[C@@H](NC(=O)C(C)C)[C@H](O)O2)cc1Cl. The van der Waals surface area contributed by atoms with Crippen molar-refractivity contribution in [3.05, 3.63) is 57.6 Å². The van der Waals surface area contributed by atoms with E-state index in [1.807, 2.05) is 13.8 Å². The minimum absolute atomic E-state index is 0.0335. The van der Waals surface area contributed by atoms with Crippen molar-refractivity contribution in [1.29, 1.82) is 0 Å². The fourth-order valence-corrected chi connectivity index (χ4v) is 3.96. The Morgan fingerprint density at radius 1 is 1.00 bits per heavy atom. The summed E-state index contributed by atoms with van der Waals surface area (Å²) in [6.07, 6.45) is -4.88. The van der Waals surface area contributed by atoms with Gasteiger partial charge in [0.1, 0.15) is 18.8 Å². The first-order valence-electron chi connectivity index (χ1n) is 12.0. The second-order valence-corrected chi connectivity index (χ2v) is 10.1. The minimum Gasteiger partial charge on any atom is -0.447 e. The molecule has 0 aliphatic carbocycles. The topological polar surface area (TPSA) is 135 Å². The molecule has 1 fully saturated rings. The highest BCUT2D eigenvalue weighted by molar-refractivity contribution is 6.32. The highest BCUT2D eigenvalue weighted by atomic mass is 35.5. The lowest BCUT2D eigenvalue weighted by molar-refractivity contribution is -0.213. The molecule has 1 saturated heterocycles. The van der Waals surface area contributed by atoms with E-state index in [9.17, 15) is 19.5 Å². The third-order valence-corrected chi connectivity index (χ3v) is 6.68. The van der Waals surface area contributed by atoms with Crippen LogP contribution < -0.4 is 16.0 Å². The number of aliphatic hydroxyl groups is 1. The normalized spacial score (nSPS) is 20.9. The van der Waals surface area contributed by atoms with Crippen molar-refractivity contribution in [2.75, 3.05) is 17.2 Å². The van der Waals surface area contributed by atoms with Crippen molar-refractivity contribution in [3.8, 4) is 0 Å². The number of ether oxygens (including phenoxy) is 3. The van der Waals surface area contributed by atoms with E-state index in [1.54, 1.807) is 50.2 Å². The van der Waals surface area contributed by atoms with E-state index in [0.29, 0.717) is 21.4 Å². The molecule has 38 heavy (non-hydrogen) atoms. The number of hydrogen-bond donors (Lipinski definition) is 4. The van der Waals surface area contributed by atoms with Gasteiger partial charge in [-0.2, -0.15) is 0 Å². The second-order valence-electron chi connectivity index (χ2n) is 9.29. The number of aryl methyl sites for hydroxylation is 2. The molecule has 0 bridgehead atoms. The van der Waals surface area contributed by atoms with Crippen LogP contribution in [0.15, 0.2) is 36.4 Å². The Morgan fingerprint density at radius 3 is 2.08 bits per heavy atom. The molecule has 0 unspecified atom stereocenters. The predicted molar refractivity (Wildman–Crippen MR) is 144 cm³/mol. The fourth-order valence-electron chi connectivity index (χ4n) is 3.60. The monoisotopic (exact) mass is 567 g/mol. The zero-order valence-corrected chi connectivity index (χ0v) is 22.9. The number of benzene rings is 2. The summed E-state index contributed by atoms with van der Waals surface area (Å²) in [7, 11) is 0. The highest BCUT2D eigenvalue weighted by Gasteiger charge is 2.42. The number of rotatable bonds is 7. The quantitative estimate of drug-likeness (QED) is 0.368. The molecule has 2 aromatic carbocycles. The Bertz CT molecular complexity index is 1180. The molecular weight excluding hydrogens is 537 g/mol. The van der Waals surface area contributed by atoms with Crippen LogP contribution in [0.3, 0.4) is 0 Å². The van der Waals surface area contributed by atoms with Gasteiger partial charge in [-0.05, 0) is 49.2 Å². The summed E-state index contributed by atoms with van der Waals surface area (Å²) < 4.78 is 16.4. The molecule has 0 saturated carbocycles. The lowest BCUT2D eigenvalue weighted by Crippen LogP contribution is -2.59. The molecule has 1 aliphatic rings. The average Bonchev–Trinajstić information content (AvgIpc) is 2.84. The maximum absolute atomic E-state index is 12.7. The van der Waals surface area contributed by atoms with Crippen LogP contribution >= 0.6 is 23.2 Å². The number of hydrogen-bond acceptors (Lipinski definition) is 7. The summed E-state index contributed by atoms with van der Waals surface area (Å²) in [6, 6.07) is 8.95. The van der Waals surface area contributed by atoms with Crippen molar-refractivity contribution in [1.82, 2.24) is 5.32 Å². The summed E-state index contributed by atoms with van der Waals surface area (Å²) in [4.78, 5) is 37.3. The van der Waals surface area contributed by atoms with Crippen molar-refractivity contribution in [2.45, 2.75) is 58.7 Å².